The second-order valence-corrected chi connectivity index (χ2v) is 10.8. The molecule has 33 heavy (non-hydrogen) atoms. The lowest BCUT2D eigenvalue weighted by molar-refractivity contribution is -0.115. The number of carbonyl (C=O) groups is 2. The number of sulfone groups is 1. The SMILES string of the molecule is CCS(=O)(=O)c1ccc(CC(=O)Nc2cc(C)c3c(n2)CCC(C)(n2cccn2)C3=O)cc1. The molecule has 0 saturated heterocycles. The number of nitrogens with one attached hydrogen (secondary N) is 1. The van der Waals surface area contributed by atoms with E-state index in [1.54, 1.807) is 48.3 Å². The van der Waals surface area contributed by atoms with Crippen LogP contribution in [-0.2, 0) is 33.0 Å². The first-order valence-electron chi connectivity index (χ1n) is 10.8. The molecule has 8 nitrogen and oxygen atoms in total. The normalized spacial score (nSPS) is 18.1. The predicted molar refractivity (Wildman–Crippen MR) is 124 cm³/mol. The Bertz CT molecular complexity index is 1320. The second kappa shape index (κ2) is 8.55. The summed E-state index contributed by atoms with van der Waals surface area (Å²) in [6.45, 7) is 5.32. The molecule has 1 N–H and O–H groups in total. The third kappa shape index (κ3) is 4.32. The van der Waals surface area contributed by atoms with Gasteiger partial charge in [-0.25, -0.2) is 13.4 Å². The number of aromatic nitrogens is 3. The van der Waals surface area contributed by atoms with Gasteiger partial charge in [0.05, 0.1) is 22.8 Å². The van der Waals surface area contributed by atoms with Crippen LogP contribution in [0.5, 0.6) is 0 Å². The number of amides is 1. The van der Waals surface area contributed by atoms with E-state index in [0.29, 0.717) is 35.5 Å². The minimum atomic E-state index is -3.28. The van der Waals surface area contributed by atoms with Gasteiger partial charge >= 0.3 is 0 Å². The maximum absolute atomic E-state index is 13.3. The second-order valence-electron chi connectivity index (χ2n) is 8.47. The average molecular weight is 467 g/mol. The van der Waals surface area contributed by atoms with Gasteiger partial charge in [0.15, 0.2) is 15.6 Å². The van der Waals surface area contributed by atoms with Gasteiger partial charge in [-0.05, 0) is 62.1 Å². The van der Waals surface area contributed by atoms with Crippen LogP contribution in [0.1, 0.15) is 47.4 Å². The van der Waals surface area contributed by atoms with E-state index in [9.17, 15) is 18.0 Å². The molecule has 1 aliphatic carbocycles. The van der Waals surface area contributed by atoms with Crippen molar-refractivity contribution in [1.29, 1.82) is 0 Å². The zero-order valence-corrected chi connectivity index (χ0v) is 19.6. The van der Waals surface area contributed by atoms with Crippen LogP contribution in [0.25, 0.3) is 0 Å². The van der Waals surface area contributed by atoms with Crippen molar-refractivity contribution in [2.45, 2.75) is 50.5 Å². The fourth-order valence-corrected chi connectivity index (χ4v) is 5.06. The van der Waals surface area contributed by atoms with Crippen molar-refractivity contribution in [2.75, 3.05) is 11.1 Å². The lowest BCUT2D eigenvalue weighted by Gasteiger charge is -2.34. The number of Topliss-reactive ketones (excluding diaryl/α,β-unsaturated/α-hetero) is 1. The topological polar surface area (TPSA) is 111 Å². The number of carbonyl (C=O) groups excluding carboxylic acids is 2. The highest BCUT2D eigenvalue weighted by Gasteiger charge is 2.42. The van der Waals surface area contributed by atoms with Gasteiger partial charge in [-0.2, -0.15) is 5.10 Å². The third-order valence-corrected chi connectivity index (χ3v) is 7.91. The summed E-state index contributed by atoms with van der Waals surface area (Å²) in [4.78, 5) is 30.7. The van der Waals surface area contributed by atoms with E-state index in [4.69, 9.17) is 0 Å². The van der Waals surface area contributed by atoms with Crippen molar-refractivity contribution in [2.24, 2.45) is 0 Å². The zero-order valence-electron chi connectivity index (χ0n) is 18.8. The van der Waals surface area contributed by atoms with Crippen LogP contribution < -0.4 is 5.32 Å². The molecular weight excluding hydrogens is 440 g/mol. The Morgan fingerprint density at radius 3 is 2.61 bits per heavy atom. The molecule has 1 aliphatic rings. The summed E-state index contributed by atoms with van der Waals surface area (Å²) in [5.74, 6) is 0.130. The molecule has 0 saturated carbocycles. The summed E-state index contributed by atoms with van der Waals surface area (Å²) >= 11 is 0. The smallest absolute Gasteiger partial charge is 0.229 e. The Kier molecular flexibility index (Phi) is 5.92. The van der Waals surface area contributed by atoms with Crippen LogP contribution in [0, 0.1) is 6.92 Å². The number of benzene rings is 1. The first-order valence-corrected chi connectivity index (χ1v) is 12.5. The number of fused-ring (bicyclic) bond motifs is 1. The number of nitrogens with zero attached hydrogens (tertiary/aromatic N) is 3. The Morgan fingerprint density at radius 1 is 1.24 bits per heavy atom. The van der Waals surface area contributed by atoms with Crippen molar-refractivity contribution < 1.29 is 18.0 Å². The lowest BCUT2D eigenvalue weighted by atomic mass is 9.78. The minimum Gasteiger partial charge on any atom is -0.310 e. The van der Waals surface area contributed by atoms with E-state index in [-0.39, 0.29) is 28.8 Å². The van der Waals surface area contributed by atoms with Crippen molar-refractivity contribution >= 4 is 27.3 Å². The Hall–Kier alpha value is -3.33. The first kappa shape index (κ1) is 22.8. The monoisotopic (exact) mass is 466 g/mol. The number of aryl methyl sites for hydroxylation is 2. The van der Waals surface area contributed by atoms with Crippen molar-refractivity contribution in [3.63, 3.8) is 0 Å². The largest absolute Gasteiger partial charge is 0.310 e. The number of hydrogen-bond acceptors (Lipinski definition) is 6. The highest BCUT2D eigenvalue weighted by Crippen LogP contribution is 2.35. The Balaban J connectivity index is 1.50. The van der Waals surface area contributed by atoms with Gasteiger partial charge in [0.1, 0.15) is 11.4 Å². The lowest BCUT2D eigenvalue weighted by Crippen LogP contribution is -2.44. The maximum Gasteiger partial charge on any atom is 0.229 e. The molecule has 1 unspecified atom stereocenters. The summed E-state index contributed by atoms with van der Waals surface area (Å²) in [5.41, 5.74) is 1.96. The van der Waals surface area contributed by atoms with Crippen LogP contribution in [0.2, 0.25) is 0 Å². The number of anilines is 1. The maximum atomic E-state index is 13.3. The van der Waals surface area contributed by atoms with Crippen molar-refractivity contribution in [3.8, 4) is 0 Å². The molecule has 0 spiro atoms. The minimum absolute atomic E-state index is 0.0276. The van der Waals surface area contributed by atoms with Crippen LogP contribution in [0.3, 0.4) is 0 Å². The van der Waals surface area contributed by atoms with E-state index in [2.05, 4.69) is 15.4 Å². The van der Waals surface area contributed by atoms with Gasteiger partial charge < -0.3 is 5.32 Å². The fraction of sp³-hybridized carbons (Fsp3) is 0.333. The molecule has 2 heterocycles. The molecule has 0 radical (unpaired) electrons. The van der Waals surface area contributed by atoms with Gasteiger partial charge in [0.25, 0.3) is 0 Å². The van der Waals surface area contributed by atoms with Crippen LogP contribution in [0.4, 0.5) is 5.82 Å². The molecule has 0 fully saturated rings. The molecule has 0 aliphatic heterocycles. The Morgan fingerprint density at radius 2 is 1.97 bits per heavy atom. The van der Waals surface area contributed by atoms with Gasteiger partial charge in [-0.1, -0.05) is 19.1 Å². The van der Waals surface area contributed by atoms with Crippen LogP contribution in [0.15, 0.2) is 53.7 Å². The highest BCUT2D eigenvalue weighted by molar-refractivity contribution is 7.91. The number of pyridine rings is 1. The molecule has 4 rings (SSSR count). The van der Waals surface area contributed by atoms with Gasteiger partial charge in [0.2, 0.25) is 5.91 Å². The summed E-state index contributed by atoms with van der Waals surface area (Å²) in [6.07, 6.45) is 4.70. The van der Waals surface area contributed by atoms with E-state index in [1.807, 2.05) is 13.8 Å². The molecule has 9 heteroatoms. The van der Waals surface area contributed by atoms with Gasteiger partial charge in [-0.15, -0.1) is 0 Å². The quantitative estimate of drug-likeness (QED) is 0.598. The summed E-state index contributed by atoms with van der Waals surface area (Å²) < 4.78 is 25.6. The molecular formula is C24H26N4O4S. The average Bonchev–Trinajstić information content (AvgIpc) is 3.32. The van der Waals surface area contributed by atoms with Crippen molar-refractivity contribution in [1.82, 2.24) is 14.8 Å². The fourth-order valence-electron chi connectivity index (χ4n) is 4.17. The van der Waals surface area contributed by atoms with Gasteiger partial charge in [-0.3, -0.25) is 14.3 Å². The van der Waals surface area contributed by atoms with E-state index < -0.39 is 15.4 Å². The number of rotatable bonds is 6. The standard InChI is InChI=1S/C24H26N4O4S/c1-4-33(31,32)18-8-6-17(7-9-18)15-21(29)27-20-14-16(2)22-19(26-20)10-11-24(3,23(22)30)28-13-5-12-25-28/h5-9,12-14H,4,10-11,15H2,1-3H3,(H,26,27,29). The third-order valence-electron chi connectivity index (χ3n) is 6.16. The van der Waals surface area contributed by atoms with Crippen molar-refractivity contribution in [3.05, 3.63) is 71.2 Å². The van der Waals surface area contributed by atoms with Crippen LogP contribution >= 0.6 is 0 Å². The first-order chi connectivity index (χ1) is 15.6. The molecule has 1 amide bonds. The summed E-state index contributed by atoms with van der Waals surface area (Å²) in [7, 11) is -3.28. The van der Waals surface area contributed by atoms with E-state index in [0.717, 1.165) is 5.56 Å². The summed E-state index contributed by atoms with van der Waals surface area (Å²) in [5, 5.41) is 7.07. The molecule has 3 aromatic rings. The number of hydrogen-bond donors (Lipinski definition) is 1. The predicted octanol–water partition coefficient (Wildman–Crippen LogP) is 3.11. The molecule has 172 valence electrons. The van der Waals surface area contributed by atoms with Gasteiger partial charge in [0, 0.05) is 18.0 Å². The molecule has 2 aromatic heterocycles. The Labute approximate surface area is 193 Å². The highest BCUT2D eigenvalue weighted by atomic mass is 32.2. The van der Waals surface area contributed by atoms with E-state index in [1.165, 1.54) is 12.1 Å². The summed E-state index contributed by atoms with van der Waals surface area (Å²) in [6, 6.07) is 9.83. The van der Waals surface area contributed by atoms with E-state index >= 15 is 0 Å². The molecule has 0 bridgehead atoms. The molecule has 1 atom stereocenters. The molecule has 1 aromatic carbocycles. The van der Waals surface area contributed by atoms with Crippen LogP contribution in [-0.4, -0.2) is 40.6 Å². The zero-order chi connectivity index (χ0) is 23.8. The number of ketones is 1.